The SMILES string of the molecule is CC(CO)(CO)CNCCn1cccn1. The fourth-order valence-electron chi connectivity index (χ4n) is 1.18. The zero-order chi connectivity index (χ0) is 11.1. The van der Waals surface area contributed by atoms with Gasteiger partial charge in [0.25, 0.3) is 0 Å². The van der Waals surface area contributed by atoms with Gasteiger partial charge in [0.15, 0.2) is 0 Å². The lowest BCUT2D eigenvalue weighted by Gasteiger charge is -2.24. The predicted molar refractivity (Wildman–Crippen MR) is 57.4 cm³/mol. The van der Waals surface area contributed by atoms with E-state index in [1.54, 1.807) is 6.20 Å². The fourth-order valence-corrected chi connectivity index (χ4v) is 1.18. The monoisotopic (exact) mass is 213 g/mol. The summed E-state index contributed by atoms with van der Waals surface area (Å²) in [6.07, 6.45) is 3.64. The molecule has 0 aliphatic carbocycles. The molecule has 0 atom stereocenters. The molecule has 0 unspecified atom stereocenters. The minimum atomic E-state index is -0.440. The third-order valence-electron chi connectivity index (χ3n) is 2.39. The molecule has 1 aromatic rings. The highest BCUT2D eigenvalue weighted by Crippen LogP contribution is 2.11. The summed E-state index contributed by atoms with van der Waals surface area (Å²) >= 11 is 0. The molecule has 86 valence electrons. The van der Waals surface area contributed by atoms with Crippen molar-refractivity contribution in [3.63, 3.8) is 0 Å². The zero-order valence-electron chi connectivity index (χ0n) is 9.06. The van der Waals surface area contributed by atoms with E-state index in [-0.39, 0.29) is 13.2 Å². The molecule has 5 nitrogen and oxygen atoms in total. The molecule has 1 rings (SSSR count). The molecule has 1 heterocycles. The second-order valence-corrected chi connectivity index (χ2v) is 4.07. The van der Waals surface area contributed by atoms with E-state index in [0.29, 0.717) is 6.54 Å². The van der Waals surface area contributed by atoms with Crippen LogP contribution in [0.15, 0.2) is 18.5 Å². The minimum Gasteiger partial charge on any atom is -0.396 e. The van der Waals surface area contributed by atoms with Crippen LogP contribution in [0.3, 0.4) is 0 Å². The van der Waals surface area contributed by atoms with Crippen LogP contribution in [0.25, 0.3) is 0 Å². The number of aromatic nitrogens is 2. The first-order chi connectivity index (χ1) is 7.20. The number of aliphatic hydroxyl groups excluding tert-OH is 2. The highest BCUT2D eigenvalue weighted by Gasteiger charge is 2.21. The first-order valence-electron chi connectivity index (χ1n) is 5.10. The Morgan fingerprint density at radius 1 is 1.40 bits per heavy atom. The second-order valence-electron chi connectivity index (χ2n) is 4.07. The molecule has 15 heavy (non-hydrogen) atoms. The predicted octanol–water partition coefficient (Wildman–Crippen LogP) is -0.536. The summed E-state index contributed by atoms with van der Waals surface area (Å²) in [6, 6.07) is 1.88. The van der Waals surface area contributed by atoms with Gasteiger partial charge in [0.2, 0.25) is 0 Å². The molecule has 0 saturated carbocycles. The van der Waals surface area contributed by atoms with Crippen LogP contribution in [0.4, 0.5) is 0 Å². The first-order valence-corrected chi connectivity index (χ1v) is 5.10. The maximum absolute atomic E-state index is 9.05. The molecular weight excluding hydrogens is 194 g/mol. The van der Waals surface area contributed by atoms with E-state index in [4.69, 9.17) is 10.2 Å². The second kappa shape index (κ2) is 5.85. The number of nitrogens with one attached hydrogen (secondary N) is 1. The Hall–Kier alpha value is -0.910. The van der Waals surface area contributed by atoms with Gasteiger partial charge in [0.1, 0.15) is 0 Å². The van der Waals surface area contributed by atoms with Gasteiger partial charge in [-0.05, 0) is 6.07 Å². The average Bonchev–Trinajstić information content (AvgIpc) is 2.77. The highest BCUT2D eigenvalue weighted by atomic mass is 16.3. The molecule has 0 aliphatic rings. The molecule has 3 N–H and O–H groups in total. The molecule has 5 heteroatoms. The quantitative estimate of drug-likeness (QED) is 0.532. The summed E-state index contributed by atoms with van der Waals surface area (Å²) in [5.41, 5.74) is -0.440. The molecular formula is C10H19N3O2. The molecule has 0 radical (unpaired) electrons. The molecule has 0 aliphatic heterocycles. The molecule has 0 bridgehead atoms. The van der Waals surface area contributed by atoms with E-state index in [2.05, 4.69) is 10.4 Å². The van der Waals surface area contributed by atoms with Gasteiger partial charge in [-0.1, -0.05) is 6.92 Å². The average molecular weight is 213 g/mol. The third-order valence-corrected chi connectivity index (χ3v) is 2.39. The maximum atomic E-state index is 9.05. The highest BCUT2D eigenvalue weighted by molar-refractivity contribution is 4.78. The zero-order valence-corrected chi connectivity index (χ0v) is 9.06. The van der Waals surface area contributed by atoms with Gasteiger partial charge >= 0.3 is 0 Å². The van der Waals surface area contributed by atoms with Gasteiger partial charge in [-0.25, -0.2) is 0 Å². The third kappa shape index (κ3) is 3.99. The Balaban J connectivity index is 2.16. The Morgan fingerprint density at radius 3 is 2.67 bits per heavy atom. The van der Waals surface area contributed by atoms with Crippen LogP contribution in [0.1, 0.15) is 6.92 Å². The normalized spacial score (nSPS) is 11.9. The molecule has 1 aromatic heterocycles. The van der Waals surface area contributed by atoms with Crippen LogP contribution >= 0.6 is 0 Å². The standard InChI is InChI=1S/C10H19N3O2/c1-10(8-14,9-15)7-11-4-6-13-5-2-3-12-13/h2-3,5,11,14-15H,4,6-9H2,1H3. The summed E-state index contributed by atoms with van der Waals surface area (Å²) in [5.74, 6) is 0. The van der Waals surface area contributed by atoms with Crippen molar-refractivity contribution >= 4 is 0 Å². The van der Waals surface area contributed by atoms with Crippen molar-refractivity contribution in [1.82, 2.24) is 15.1 Å². The molecule has 0 saturated heterocycles. The number of hydrogen-bond donors (Lipinski definition) is 3. The van der Waals surface area contributed by atoms with E-state index in [1.165, 1.54) is 0 Å². The molecule has 0 amide bonds. The van der Waals surface area contributed by atoms with E-state index in [0.717, 1.165) is 13.1 Å². The lowest BCUT2D eigenvalue weighted by atomic mass is 9.93. The van der Waals surface area contributed by atoms with Gasteiger partial charge in [-0.3, -0.25) is 4.68 Å². The fraction of sp³-hybridized carbons (Fsp3) is 0.700. The van der Waals surface area contributed by atoms with Crippen molar-refractivity contribution < 1.29 is 10.2 Å². The largest absolute Gasteiger partial charge is 0.396 e. The van der Waals surface area contributed by atoms with E-state index in [9.17, 15) is 0 Å². The van der Waals surface area contributed by atoms with Crippen LogP contribution in [-0.2, 0) is 6.54 Å². The Labute approximate surface area is 89.7 Å². The number of aliphatic hydroxyl groups is 2. The van der Waals surface area contributed by atoms with E-state index in [1.807, 2.05) is 23.9 Å². The van der Waals surface area contributed by atoms with Crippen molar-refractivity contribution in [2.45, 2.75) is 13.5 Å². The number of hydrogen-bond acceptors (Lipinski definition) is 4. The van der Waals surface area contributed by atoms with Crippen LogP contribution in [0.2, 0.25) is 0 Å². The topological polar surface area (TPSA) is 70.3 Å². The van der Waals surface area contributed by atoms with Crippen molar-refractivity contribution in [3.8, 4) is 0 Å². The lowest BCUT2D eigenvalue weighted by molar-refractivity contribution is 0.0697. The van der Waals surface area contributed by atoms with Gasteiger partial charge in [-0.2, -0.15) is 5.10 Å². The molecule has 0 fully saturated rings. The minimum absolute atomic E-state index is 0.0156. The van der Waals surface area contributed by atoms with Crippen molar-refractivity contribution in [2.24, 2.45) is 5.41 Å². The van der Waals surface area contributed by atoms with E-state index < -0.39 is 5.41 Å². The van der Waals surface area contributed by atoms with Crippen molar-refractivity contribution in [1.29, 1.82) is 0 Å². The smallest absolute Gasteiger partial charge is 0.0533 e. The summed E-state index contributed by atoms with van der Waals surface area (Å²) in [7, 11) is 0. The summed E-state index contributed by atoms with van der Waals surface area (Å²) in [4.78, 5) is 0. The number of nitrogens with zero attached hydrogens (tertiary/aromatic N) is 2. The Bertz CT molecular complexity index is 258. The van der Waals surface area contributed by atoms with Crippen LogP contribution in [-0.4, -0.2) is 46.3 Å². The van der Waals surface area contributed by atoms with Crippen molar-refractivity contribution in [2.75, 3.05) is 26.3 Å². The Morgan fingerprint density at radius 2 is 2.13 bits per heavy atom. The van der Waals surface area contributed by atoms with Gasteiger partial charge in [0, 0.05) is 30.9 Å². The van der Waals surface area contributed by atoms with Crippen LogP contribution in [0, 0.1) is 5.41 Å². The van der Waals surface area contributed by atoms with Gasteiger partial charge < -0.3 is 15.5 Å². The van der Waals surface area contributed by atoms with Crippen LogP contribution in [0.5, 0.6) is 0 Å². The molecule has 0 spiro atoms. The Kier molecular flexibility index (Phi) is 4.74. The first kappa shape index (κ1) is 12.2. The van der Waals surface area contributed by atoms with Gasteiger partial charge in [0.05, 0.1) is 19.8 Å². The van der Waals surface area contributed by atoms with Crippen LogP contribution < -0.4 is 5.32 Å². The maximum Gasteiger partial charge on any atom is 0.0533 e. The van der Waals surface area contributed by atoms with Crippen molar-refractivity contribution in [3.05, 3.63) is 18.5 Å². The molecule has 0 aromatic carbocycles. The lowest BCUT2D eigenvalue weighted by Crippen LogP contribution is -2.39. The van der Waals surface area contributed by atoms with Gasteiger partial charge in [-0.15, -0.1) is 0 Å². The summed E-state index contributed by atoms with van der Waals surface area (Å²) < 4.78 is 1.84. The summed E-state index contributed by atoms with van der Waals surface area (Å²) in [6.45, 7) is 3.98. The number of rotatable bonds is 7. The van der Waals surface area contributed by atoms with E-state index >= 15 is 0 Å². The summed E-state index contributed by atoms with van der Waals surface area (Å²) in [5, 5.41) is 25.4.